The molecule has 1 aromatic heterocycles. The fourth-order valence-electron chi connectivity index (χ4n) is 1.32. The van der Waals surface area contributed by atoms with Gasteiger partial charge < -0.3 is 15.4 Å². The maximum absolute atomic E-state index is 9.51. The Balaban J connectivity index is 2.48. The number of phenolic OH excluding ortho intramolecular Hbond substituents is 1. The number of nitrogens with zero attached hydrogens (tertiary/aromatic N) is 2. The molecule has 0 aliphatic rings. The third kappa shape index (κ3) is 1.87. The highest BCUT2D eigenvalue weighted by Gasteiger charge is 2.11. The molecule has 0 amide bonds. The van der Waals surface area contributed by atoms with E-state index in [4.69, 9.17) is 21.9 Å². The van der Waals surface area contributed by atoms with Crippen LogP contribution in [0.2, 0.25) is 5.02 Å². The number of hydrogen-bond acceptors (Lipinski definition) is 5. The highest BCUT2D eigenvalue weighted by atomic mass is 35.5. The van der Waals surface area contributed by atoms with Gasteiger partial charge in [0.05, 0.1) is 11.6 Å². The number of rotatable bonds is 2. The summed E-state index contributed by atoms with van der Waals surface area (Å²) in [5.74, 6) is 0.829. The van der Waals surface area contributed by atoms with Crippen molar-refractivity contribution in [1.29, 1.82) is 0 Å². The number of halogens is 1. The standard InChI is InChI=1S/C10H10ClN3O2/c1-5-2-6(3-7(11)9(5)15)10-13-8(4-12)16-14-10/h2-3,15H,4,12H2,1H3. The molecule has 0 radical (unpaired) electrons. The lowest BCUT2D eigenvalue weighted by Gasteiger charge is -2.03. The van der Waals surface area contributed by atoms with Crippen molar-refractivity contribution < 1.29 is 9.63 Å². The van der Waals surface area contributed by atoms with Gasteiger partial charge in [0.25, 0.3) is 0 Å². The van der Waals surface area contributed by atoms with Crippen molar-refractivity contribution in [3.8, 4) is 17.1 Å². The predicted octanol–water partition coefficient (Wildman–Crippen LogP) is 1.86. The fraction of sp³-hybridized carbons (Fsp3) is 0.200. The summed E-state index contributed by atoms with van der Waals surface area (Å²) in [6, 6.07) is 3.31. The van der Waals surface area contributed by atoms with Gasteiger partial charge in [-0.2, -0.15) is 4.98 Å². The van der Waals surface area contributed by atoms with Gasteiger partial charge >= 0.3 is 0 Å². The quantitative estimate of drug-likeness (QED) is 0.836. The van der Waals surface area contributed by atoms with Gasteiger partial charge in [0.1, 0.15) is 5.75 Å². The normalized spacial score (nSPS) is 10.7. The van der Waals surface area contributed by atoms with Crippen molar-refractivity contribution >= 4 is 11.6 Å². The fourth-order valence-corrected chi connectivity index (χ4v) is 1.59. The van der Waals surface area contributed by atoms with E-state index in [9.17, 15) is 5.11 Å². The summed E-state index contributed by atoms with van der Waals surface area (Å²) in [6.07, 6.45) is 0. The van der Waals surface area contributed by atoms with Crippen LogP contribution in [0.25, 0.3) is 11.4 Å². The summed E-state index contributed by atoms with van der Waals surface area (Å²) < 4.78 is 4.89. The van der Waals surface area contributed by atoms with Crippen LogP contribution in [0.3, 0.4) is 0 Å². The molecule has 2 rings (SSSR count). The van der Waals surface area contributed by atoms with E-state index in [-0.39, 0.29) is 17.3 Å². The molecule has 0 fully saturated rings. The van der Waals surface area contributed by atoms with Gasteiger partial charge in [0, 0.05) is 5.56 Å². The first-order chi connectivity index (χ1) is 7.61. The molecular weight excluding hydrogens is 230 g/mol. The third-order valence-corrected chi connectivity index (χ3v) is 2.44. The van der Waals surface area contributed by atoms with Crippen molar-refractivity contribution in [3.63, 3.8) is 0 Å². The largest absolute Gasteiger partial charge is 0.506 e. The molecule has 0 saturated carbocycles. The van der Waals surface area contributed by atoms with Crippen LogP contribution in [0.5, 0.6) is 5.75 Å². The molecule has 2 aromatic rings. The zero-order chi connectivity index (χ0) is 11.7. The molecule has 5 nitrogen and oxygen atoms in total. The van der Waals surface area contributed by atoms with Crippen molar-refractivity contribution in [2.24, 2.45) is 5.73 Å². The van der Waals surface area contributed by atoms with Gasteiger partial charge in [-0.05, 0) is 24.6 Å². The summed E-state index contributed by atoms with van der Waals surface area (Å²) in [5.41, 5.74) is 6.70. The molecule has 0 spiro atoms. The molecule has 3 N–H and O–H groups in total. The maximum atomic E-state index is 9.51. The van der Waals surface area contributed by atoms with Crippen LogP contribution in [-0.2, 0) is 6.54 Å². The number of aryl methyl sites for hydroxylation is 1. The zero-order valence-electron chi connectivity index (χ0n) is 8.57. The van der Waals surface area contributed by atoms with Crippen LogP contribution in [0, 0.1) is 6.92 Å². The predicted molar refractivity (Wildman–Crippen MR) is 59.0 cm³/mol. The molecule has 84 valence electrons. The molecule has 16 heavy (non-hydrogen) atoms. The van der Waals surface area contributed by atoms with Gasteiger partial charge in [-0.15, -0.1) is 0 Å². The summed E-state index contributed by atoms with van der Waals surface area (Å²) >= 11 is 5.85. The van der Waals surface area contributed by atoms with Gasteiger partial charge in [-0.25, -0.2) is 0 Å². The summed E-state index contributed by atoms with van der Waals surface area (Å²) in [4.78, 5) is 4.07. The Morgan fingerprint density at radius 1 is 1.50 bits per heavy atom. The summed E-state index contributed by atoms with van der Waals surface area (Å²) in [6.45, 7) is 1.94. The number of phenols is 1. The zero-order valence-corrected chi connectivity index (χ0v) is 9.32. The Hall–Kier alpha value is -1.59. The number of benzene rings is 1. The van der Waals surface area contributed by atoms with E-state index in [1.807, 2.05) is 0 Å². The first-order valence-electron chi connectivity index (χ1n) is 4.64. The van der Waals surface area contributed by atoms with E-state index in [1.54, 1.807) is 19.1 Å². The van der Waals surface area contributed by atoms with E-state index < -0.39 is 0 Å². The van der Waals surface area contributed by atoms with Gasteiger partial charge in [-0.1, -0.05) is 16.8 Å². The van der Waals surface area contributed by atoms with Gasteiger partial charge in [0.15, 0.2) is 0 Å². The highest BCUT2D eigenvalue weighted by molar-refractivity contribution is 6.32. The van der Waals surface area contributed by atoms with Crippen molar-refractivity contribution in [2.75, 3.05) is 0 Å². The molecule has 0 aliphatic carbocycles. The lowest BCUT2D eigenvalue weighted by molar-refractivity contribution is 0.380. The Morgan fingerprint density at radius 2 is 2.25 bits per heavy atom. The van der Waals surface area contributed by atoms with Gasteiger partial charge in [-0.3, -0.25) is 0 Å². The molecule has 0 aliphatic heterocycles. The average Bonchev–Trinajstić information content (AvgIpc) is 2.73. The van der Waals surface area contributed by atoms with Gasteiger partial charge in [0.2, 0.25) is 11.7 Å². The SMILES string of the molecule is Cc1cc(-c2noc(CN)n2)cc(Cl)c1O. The van der Waals surface area contributed by atoms with E-state index in [2.05, 4.69) is 10.1 Å². The first-order valence-corrected chi connectivity index (χ1v) is 5.01. The van der Waals surface area contributed by atoms with Crippen LogP contribution >= 0.6 is 11.6 Å². The summed E-state index contributed by atoms with van der Waals surface area (Å²) in [5, 5.41) is 13.5. The van der Waals surface area contributed by atoms with Crippen molar-refractivity contribution in [1.82, 2.24) is 10.1 Å². The first kappa shape index (κ1) is 10.9. The number of hydrogen-bond donors (Lipinski definition) is 2. The minimum atomic E-state index is 0.0629. The summed E-state index contributed by atoms with van der Waals surface area (Å²) in [7, 11) is 0. The molecule has 0 bridgehead atoms. The van der Waals surface area contributed by atoms with Crippen LogP contribution in [0.1, 0.15) is 11.5 Å². The third-order valence-electron chi connectivity index (χ3n) is 2.15. The molecule has 6 heteroatoms. The lowest BCUT2D eigenvalue weighted by atomic mass is 10.1. The second kappa shape index (κ2) is 4.11. The van der Waals surface area contributed by atoms with Crippen LogP contribution in [-0.4, -0.2) is 15.2 Å². The monoisotopic (exact) mass is 239 g/mol. The molecule has 0 unspecified atom stereocenters. The topological polar surface area (TPSA) is 85.2 Å². The van der Waals surface area contributed by atoms with E-state index in [0.717, 1.165) is 0 Å². The smallest absolute Gasteiger partial charge is 0.240 e. The maximum Gasteiger partial charge on any atom is 0.240 e. The average molecular weight is 240 g/mol. The number of aromatic nitrogens is 2. The molecule has 1 heterocycles. The van der Waals surface area contributed by atoms with E-state index >= 15 is 0 Å². The second-order valence-electron chi connectivity index (χ2n) is 3.34. The van der Waals surface area contributed by atoms with Crippen LogP contribution in [0.15, 0.2) is 16.7 Å². The number of aromatic hydroxyl groups is 1. The highest BCUT2D eigenvalue weighted by Crippen LogP contribution is 2.31. The molecule has 0 saturated heterocycles. The number of nitrogens with two attached hydrogens (primary N) is 1. The molecular formula is C10H10ClN3O2. The molecule has 0 atom stereocenters. The van der Waals surface area contributed by atoms with Crippen LogP contribution in [0.4, 0.5) is 0 Å². The Bertz CT molecular complexity index is 502. The Morgan fingerprint density at radius 3 is 2.81 bits per heavy atom. The minimum Gasteiger partial charge on any atom is -0.506 e. The minimum absolute atomic E-state index is 0.0629. The Kier molecular flexibility index (Phi) is 2.80. The van der Waals surface area contributed by atoms with Crippen molar-refractivity contribution in [2.45, 2.75) is 13.5 Å². The second-order valence-corrected chi connectivity index (χ2v) is 3.75. The van der Waals surface area contributed by atoms with Crippen LogP contribution < -0.4 is 5.73 Å². The molecule has 1 aromatic carbocycles. The van der Waals surface area contributed by atoms with E-state index in [0.29, 0.717) is 22.8 Å². The Labute approximate surface area is 96.8 Å². The van der Waals surface area contributed by atoms with E-state index in [1.165, 1.54) is 0 Å². The van der Waals surface area contributed by atoms with Crippen molar-refractivity contribution in [3.05, 3.63) is 28.6 Å². The lowest BCUT2D eigenvalue weighted by Crippen LogP contribution is -1.95.